The second-order valence-electron chi connectivity index (χ2n) is 5.50. The number of rotatable bonds is 2. The van der Waals surface area contributed by atoms with Crippen LogP contribution in [0.4, 0.5) is 10.1 Å². The Kier molecular flexibility index (Phi) is 3.87. The molecule has 0 aromatic heterocycles. The van der Waals surface area contributed by atoms with E-state index >= 15 is 0 Å². The van der Waals surface area contributed by atoms with Gasteiger partial charge in [-0.25, -0.2) is 4.39 Å². The first-order chi connectivity index (χ1) is 9.78. The van der Waals surface area contributed by atoms with E-state index in [1.165, 1.54) is 12.1 Å². The third kappa shape index (κ3) is 2.63. The molecule has 1 aromatic rings. The van der Waals surface area contributed by atoms with Gasteiger partial charge in [0.1, 0.15) is 5.82 Å². The third-order valence-corrected chi connectivity index (χ3v) is 4.37. The van der Waals surface area contributed by atoms with E-state index in [1.807, 2.05) is 12.1 Å². The lowest BCUT2D eigenvalue weighted by Gasteiger charge is -2.39. The highest BCUT2D eigenvalue weighted by Crippen LogP contribution is 2.24. The Balaban J connectivity index is 1.61. The van der Waals surface area contributed by atoms with Crippen molar-refractivity contribution < 1.29 is 9.60 Å². The van der Waals surface area contributed by atoms with Crippen LogP contribution in [0.15, 0.2) is 29.4 Å². The van der Waals surface area contributed by atoms with Gasteiger partial charge in [0.25, 0.3) is 0 Å². The average molecular weight is 277 g/mol. The minimum absolute atomic E-state index is 0.192. The summed E-state index contributed by atoms with van der Waals surface area (Å²) >= 11 is 0. The summed E-state index contributed by atoms with van der Waals surface area (Å²) in [4.78, 5) is 4.68. The van der Waals surface area contributed by atoms with Crippen molar-refractivity contribution in [2.45, 2.75) is 25.3 Å². The molecule has 1 aliphatic carbocycles. The molecule has 1 heterocycles. The lowest BCUT2D eigenvalue weighted by atomic mass is 10.1. The van der Waals surface area contributed by atoms with Crippen LogP contribution < -0.4 is 4.90 Å². The van der Waals surface area contributed by atoms with Gasteiger partial charge in [0, 0.05) is 31.9 Å². The quantitative estimate of drug-likeness (QED) is 0.666. The predicted molar refractivity (Wildman–Crippen MR) is 77.0 cm³/mol. The number of benzene rings is 1. The maximum Gasteiger partial charge on any atom is 0.123 e. The molecule has 1 N–H and O–H groups in total. The zero-order valence-electron chi connectivity index (χ0n) is 11.5. The molecule has 1 atom stereocenters. The Morgan fingerprint density at radius 2 is 1.80 bits per heavy atom. The van der Waals surface area contributed by atoms with E-state index in [2.05, 4.69) is 15.0 Å². The average Bonchev–Trinajstić information content (AvgIpc) is 2.97. The van der Waals surface area contributed by atoms with Crippen molar-refractivity contribution >= 4 is 11.4 Å². The van der Waals surface area contributed by atoms with Crippen molar-refractivity contribution in [3.63, 3.8) is 0 Å². The third-order valence-electron chi connectivity index (χ3n) is 4.37. The van der Waals surface area contributed by atoms with Crippen LogP contribution in [0, 0.1) is 5.82 Å². The molecule has 1 aromatic carbocycles. The van der Waals surface area contributed by atoms with Crippen LogP contribution in [-0.2, 0) is 0 Å². The molecule has 5 heteroatoms. The lowest BCUT2D eigenvalue weighted by molar-refractivity contribution is 0.221. The molecule has 3 rings (SSSR count). The van der Waals surface area contributed by atoms with Gasteiger partial charge in [-0.3, -0.25) is 4.90 Å². The molecule has 0 amide bonds. The molecule has 1 saturated heterocycles. The molecule has 108 valence electrons. The zero-order chi connectivity index (χ0) is 13.9. The molecular formula is C15H20FN3O. The second kappa shape index (κ2) is 5.79. The number of halogens is 1. The summed E-state index contributed by atoms with van der Waals surface area (Å²) in [5.41, 5.74) is 2.01. The first kappa shape index (κ1) is 13.4. The molecule has 1 saturated carbocycles. The number of hydrogen-bond donors (Lipinski definition) is 1. The summed E-state index contributed by atoms with van der Waals surface area (Å²) in [6, 6.07) is 7.00. The van der Waals surface area contributed by atoms with Gasteiger partial charge in [-0.05, 0) is 43.5 Å². The summed E-state index contributed by atoms with van der Waals surface area (Å²) in [6.07, 6.45) is 3.12. The van der Waals surface area contributed by atoms with Gasteiger partial charge < -0.3 is 10.1 Å². The van der Waals surface area contributed by atoms with Crippen LogP contribution in [0.3, 0.4) is 0 Å². The number of hydrogen-bond acceptors (Lipinski definition) is 4. The highest BCUT2D eigenvalue weighted by molar-refractivity contribution is 5.90. The topological polar surface area (TPSA) is 39.1 Å². The molecule has 0 radical (unpaired) electrons. The van der Waals surface area contributed by atoms with Crippen LogP contribution >= 0.6 is 0 Å². The van der Waals surface area contributed by atoms with Crippen LogP contribution in [0.1, 0.15) is 19.3 Å². The van der Waals surface area contributed by atoms with Crippen molar-refractivity contribution in [1.29, 1.82) is 0 Å². The van der Waals surface area contributed by atoms with E-state index in [1.54, 1.807) is 0 Å². The van der Waals surface area contributed by atoms with Crippen LogP contribution in [0.2, 0.25) is 0 Å². The van der Waals surface area contributed by atoms with Crippen molar-refractivity contribution in [1.82, 2.24) is 4.90 Å². The summed E-state index contributed by atoms with van der Waals surface area (Å²) in [6.45, 7) is 3.78. The van der Waals surface area contributed by atoms with E-state index in [9.17, 15) is 4.39 Å². The molecule has 0 bridgehead atoms. The zero-order valence-corrected chi connectivity index (χ0v) is 11.5. The van der Waals surface area contributed by atoms with Gasteiger partial charge in [0.05, 0.1) is 11.8 Å². The molecule has 4 nitrogen and oxygen atoms in total. The Bertz CT molecular complexity index is 480. The SMILES string of the molecule is O/N=C1\CCC[C@H]1N1CCN(c2ccc(F)cc2)CC1. The number of oxime groups is 1. The Labute approximate surface area is 118 Å². The van der Waals surface area contributed by atoms with Crippen LogP contribution in [0.25, 0.3) is 0 Å². The van der Waals surface area contributed by atoms with E-state index in [4.69, 9.17) is 5.21 Å². The summed E-state index contributed by atoms with van der Waals surface area (Å²) in [5, 5.41) is 12.5. The minimum Gasteiger partial charge on any atom is -0.411 e. The maximum absolute atomic E-state index is 12.9. The molecule has 0 spiro atoms. The molecule has 2 fully saturated rings. The van der Waals surface area contributed by atoms with E-state index in [0.717, 1.165) is 56.8 Å². The normalized spacial score (nSPS) is 26.4. The van der Waals surface area contributed by atoms with Crippen molar-refractivity contribution in [3.8, 4) is 0 Å². The van der Waals surface area contributed by atoms with Gasteiger partial charge >= 0.3 is 0 Å². The standard InChI is InChI=1S/C15H20FN3O/c16-12-4-6-13(7-5-12)18-8-10-19(11-9-18)15-3-1-2-14(15)17-20/h4-7,15,20H,1-3,8-11H2/b17-14+/t15-/m1/s1. The number of piperazine rings is 1. The van der Waals surface area contributed by atoms with Gasteiger partial charge in [-0.1, -0.05) is 5.16 Å². The highest BCUT2D eigenvalue weighted by Gasteiger charge is 2.31. The van der Waals surface area contributed by atoms with Crippen molar-refractivity contribution in [2.75, 3.05) is 31.1 Å². The van der Waals surface area contributed by atoms with Gasteiger partial charge in [0.15, 0.2) is 0 Å². The molecular weight excluding hydrogens is 257 g/mol. The maximum atomic E-state index is 12.9. The van der Waals surface area contributed by atoms with E-state index in [0.29, 0.717) is 6.04 Å². The first-order valence-corrected chi connectivity index (χ1v) is 7.23. The lowest BCUT2D eigenvalue weighted by Crippen LogP contribution is -2.51. The summed E-state index contributed by atoms with van der Waals surface area (Å²) in [7, 11) is 0. The van der Waals surface area contributed by atoms with Crippen molar-refractivity contribution in [2.24, 2.45) is 5.16 Å². The summed E-state index contributed by atoms with van der Waals surface area (Å²) in [5.74, 6) is -0.192. The largest absolute Gasteiger partial charge is 0.411 e. The molecule has 20 heavy (non-hydrogen) atoms. The number of anilines is 1. The first-order valence-electron chi connectivity index (χ1n) is 7.23. The smallest absolute Gasteiger partial charge is 0.123 e. The Hall–Kier alpha value is -1.62. The fourth-order valence-electron chi connectivity index (χ4n) is 3.26. The van der Waals surface area contributed by atoms with Crippen LogP contribution in [0.5, 0.6) is 0 Å². The van der Waals surface area contributed by atoms with Crippen LogP contribution in [-0.4, -0.2) is 48.0 Å². The van der Waals surface area contributed by atoms with Gasteiger partial charge in [-0.2, -0.15) is 0 Å². The predicted octanol–water partition coefficient (Wildman–Crippen LogP) is 2.33. The highest BCUT2D eigenvalue weighted by atomic mass is 19.1. The molecule has 1 aliphatic heterocycles. The van der Waals surface area contributed by atoms with E-state index < -0.39 is 0 Å². The van der Waals surface area contributed by atoms with Gasteiger partial charge in [-0.15, -0.1) is 0 Å². The van der Waals surface area contributed by atoms with Crippen molar-refractivity contribution in [3.05, 3.63) is 30.1 Å². The number of nitrogens with zero attached hydrogens (tertiary/aromatic N) is 3. The second-order valence-corrected chi connectivity index (χ2v) is 5.50. The fourth-order valence-corrected chi connectivity index (χ4v) is 3.26. The molecule has 2 aliphatic rings. The minimum atomic E-state index is -0.192. The van der Waals surface area contributed by atoms with Gasteiger partial charge in [0.2, 0.25) is 0 Å². The Morgan fingerprint density at radius 3 is 2.45 bits per heavy atom. The monoisotopic (exact) mass is 277 g/mol. The Morgan fingerprint density at radius 1 is 1.10 bits per heavy atom. The van der Waals surface area contributed by atoms with E-state index in [-0.39, 0.29) is 5.82 Å². The summed E-state index contributed by atoms with van der Waals surface area (Å²) < 4.78 is 12.9. The fraction of sp³-hybridized carbons (Fsp3) is 0.533. The molecule has 0 unspecified atom stereocenters.